The molecule has 0 spiro atoms. The number of hydrogen-bond acceptors (Lipinski definition) is 4. The zero-order valence-electron chi connectivity index (χ0n) is 13.5. The van der Waals surface area contributed by atoms with Gasteiger partial charge in [-0.25, -0.2) is 8.42 Å². The van der Waals surface area contributed by atoms with E-state index in [4.69, 9.17) is 0 Å². The van der Waals surface area contributed by atoms with E-state index in [9.17, 15) is 8.42 Å². The number of aromatic nitrogens is 2. The Kier molecular flexibility index (Phi) is 6.12. The monoisotopic (exact) mass is 314 g/mol. The molecular weight excluding hydrogens is 288 g/mol. The molecule has 0 aliphatic heterocycles. The molecule has 0 saturated heterocycles. The molecule has 1 aromatic heterocycles. The third kappa shape index (κ3) is 4.15. The van der Waals surface area contributed by atoms with Gasteiger partial charge in [0.25, 0.3) is 0 Å². The number of aromatic amines is 1. The average molecular weight is 314 g/mol. The number of sulfonamides is 1. The summed E-state index contributed by atoms with van der Waals surface area (Å²) in [6, 6.07) is 0.111. The topological polar surface area (TPSA) is 78.1 Å². The maximum Gasteiger partial charge on any atom is 0.247 e. The summed E-state index contributed by atoms with van der Waals surface area (Å²) >= 11 is 0. The highest BCUT2D eigenvalue weighted by atomic mass is 32.2. The Morgan fingerprint density at radius 3 is 2.48 bits per heavy atom. The van der Waals surface area contributed by atoms with Crippen LogP contribution in [0.5, 0.6) is 0 Å². The molecule has 6 nitrogen and oxygen atoms in total. The molecule has 21 heavy (non-hydrogen) atoms. The van der Waals surface area contributed by atoms with Crippen molar-refractivity contribution in [3.8, 4) is 0 Å². The van der Waals surface area contributed by atoms with Crippen LogP contribution in [0, 0.1) is 6.92 Å². The molecule has 7 heteroatoms. The van der Waals surface area contributed by atoms with Crippen molar-refractivity contribution in [2.45, 2.75) is 58.1 Å². The van der Waals surface area contributed by atoms with Gasteiger partial charge in [0.1, 0.15) is 4.90 Å². The normalized spacial score (nSPS) is 12.6. The number of aryl methyl sites for hydroxylation is 1. The van der Waals surface area contributed by atoms with Crippen LogP contribution in [0.15, 0.2) is 17.6 Å². The van der Waals surface area contributed by atoms with Gasteiger partial charge in [-0.2, -0.15) is 9.40 Å². The molecule has 0 amide bonds. The number of nitrogens with zero attached hydrogens (tertiary/aromatic N) is 2. The fraction of sp³-hybridized carbons (Fsp3) is 0.643. The minimum atomic E-state index is -3.60. The van der Waals surface area contributed by atoms with Gasteiger partial charge in [0.15, 0.2) is 0 Å². The molecule has 0 aliphatic carbocycles. The third-order valence-corrected chi connectivity index (χ3v) is 5.34. The molecule has 0 saturated carbocycles. The highest BCUT2D eigenvalue weighted by Gasteiger charge is 2.31. The minimum absolute atomic E-state index is 0.145. The smallest absolute Gasteiger partial charge is 0.247 e. The highest BCUT2D eigenvalue weighted by molar-refractivity contribution is 7.89. The third-order valence-electron chi connectivity index (χ3n) is 3.09. The van der Waals surface area contributed by atoms with Gasteiger partial charge in [0, 0.05) is 25.2 Å². The predicted molar refractivity (Wildman–Crippen MR) is 84.5 cm³/mol. The van der Waals surface area contributed by atoms with Crippen LogP contribution in [-0.4, -0.2) is 41.5 Å². The Balaban J connectivity index is 3.23. The SMILES string of the molecule is C=CCN(C(C)C)S(=O)(=O)c1c(CNC(C)C)n[nH]c1C. The molecule has 2 N–H and O–H groups in total. The molecule has 1 rings (SSSR count). The Bertz CT molecular complexity index is 576. The molecule has 0 fully saturated rings. The van der Waals surface area contributed by atoms with E-state index in [0.29, 0.717) is 17.9 Å². The van der Waals surface area contributed by atoms with E-state index < -0.39 is 10.0 Å². The Labute approximate surface area is 127 Å². The summed E-state index contributed by atoms with van der Waals surface area (Å²) in [6.45, 7) is 13.8. The summed E-state index contributed by atoms with van der Waals surface area (Å²) < 4.78 is 27.2. The first-order chi connectivity index (χ1) is 9.71. The van der Waals surface area contributed by atoms with Gasteiger partial charge in [0.2, 0.25) is 10.0 Å². The Morgan fingerprint density at radius 1 is 1.38 bits per heavy atom. The van der Waals surface area contributed by atoms with Gasteiger partial charge in [-0.15, -0.1) is 6.58 Å². The summed E-state index contributed by atoms with van der Waals surface area (Å²) in [5.74, 6) is 0. The van der Waals surface area contributed by atoms with Crippen molar-refractivity contribution in [1.82, 2.24) is 19.8 Å². The molecule has 120 valence electrons. The number of nitrogens with one attached hydrogen (secondary N) is 2. The lowest BCUT2D eigenvalue weighted by molar-refractivity contribution is 0.382. The predicted octanol–water partition coefficient (Wildman–Crippen LogP) is 1.80. The van der Waals surface area contributed by atoms with Gasteiger partial charge in [-0.1, -0.05) is 19.9 Å². The van der Waals surface area contributed by atoms with E-state index in [1.165, 1.54) is 4.31 Å². The number of H-pyrrole nitrogens is 1. The molecule has 0 aromatic carbocycles. The van der Waals surface area contributed by atoms with Crippen molar-refractivity contribution in [2.75, 3.05) is 6.54 Å². The van der Waals surface area contributed by atoms with Gasteiger partial charge < -0.3 is 5.32 Å². The molecule has 0 aliphatic rings. The largest absolute Gasteiger partial charge is 0.309 e. The number of rotatable bonds is 8. The zero-order chi connectivity index (χ0) is 16.2. The van der Waals surface area contributed by atoms with Crippen molar-refractivity contribution < 1.29 is 8.42 Å². The second-order valence-corrected chi connectivity index (χ2v) is 7.44. The van der Waals surface area contributed by atoms with E-state index in [1.807, 2.05) is 27.7 Å². The van der Waals surface area contributed by atoms with Crippen LogP contribution >= 0.6 is 0 Å². The first kappa shape index (κ1) is 17.9. The van der Waals surface area contributed by atoms with E-state index in [-0.39, 0.29) is 23.5 Å². The molecular formula is C14H26N4O2S. The van der Waals surface area contributed by atoms with Crippen molar-refractivity contribution in [3.05, 3.63) is 24.0 Å². The van der Waals surface area contributed by atoms with Crippen molar-refractivity contribution >= 4 is 10.0 Å². The maximum absolute atomic E-state index is 12.9. The van der Waals surface area contributed by atoms with Crippen LogP contribution in [0.3, 0.4) is 0 Å². The second kappa shape index (κ2) is 7.20. The Morgan fingerprint density at radius 2 is 2.00 bits per heavy atom. The molecule has 0 atom stereocenters. The summed E-state index contributed by atoms with van der Waals surface area (Å²) in [5, 5.41) is 10.1. The van der Waals surface area contributed by atoms with Crippen LogP contribution in [0.4, 0.5) is 0 Å². The summed E-state index contributed by atoms with van der Waals surface area (Å²) in [6.07, 6.45) is 1.60. The Hall–Kier alpha value is -1.18. The lowest BCUT2D eigenvalue weighted by Crippen LogP contribution is -2.38. The fourth-order valence-corrected chi connectivity index (χ4v) is 4.00. The maximum atomic E-state index is 12.9. The van der Waals surface area contributed by atoms with E-state index in [2.05, 4.69) is 22.1 Å². The molecule has 1 aromatic rings. The van der Waals surface area contributed by atoms with Crippen molar-refractivity contribution in [1.29, 1.82) is 0 Å². The summed E-state index contributed by atoms with van der Waals surface area (Å²) in [7, 11) is -3.60. The quantitative estimate of drug-likeness (QED) is 0.717. The van der Waals surface area contributed by atoms with Crippen LogP contribution in [0.2, 0.25) is 0 Å². The van der Waals surface area contributed by atoms with Crippen LogP contribution < -0.4 is 5.32 Å². The van der Waals surface area contributed by atoms with Gasteiger partial charge in [-0.3, -0.25) is 5.10 Å². The average Bonchev–Trinajstić information content (AvgIpc) is 2.74. The molecule has 1 heterocycles. The summed E-state index contributed by atoms with van der Waals surface area (Å²) in [4.78, 5) is 0.270. The first-order valence-corrected chi connectivity index (χ1v) is 8.55. The molecule has 0 radical (unpaired) electrons. The van der Waals surface area contributed by atoms with E-state index >= 15 is 0 Å². The first-order valence-electron chi connectivity index (χ1n) is 7.11. The van der Waals surface area contributed by atoms with Crippen LogP contribution in [-0.2, 0) is 16.6 Å². The lowest BCUT2D eigenvalue weighted by Gasteiger charge is -2.25. The fourth-order valence-electron chi connectivity index (χ4n) is 2.06. The van der Waals surface area contributed by atoms with Gasteiger partial charge in [-0.05, 0) is 20.8 Å². The van der Waals surface area contributed by atoms with Crippen molar-refractivity contribution in [3.63, 3.8) is 0 Å². The second-order valence-electron chi connectivity index (χ2n) is 5.62. The number of hydrogen-bond donors (Lipinski definition) is 2. The highest BCUT2D eigenvalue weighted by Crippen LogP contribution is 2.24. The van der Waals surface area contributed by atoms with E-state index in [1.54, 1.807) is 13.0 Å². The van der Waals surface area contributed by atoms with E-state index in [0.717, 1.165) is 0 Å². The molecule has 0 unspecified atom stereocenters. The van der Waals surface area contributed by atoms with Crippen LogP contribution in [0.25, 0.3) is 0 Å². The summed E-state index contributed by atoms with van der Waals surface area (Å²) in [5.41, 5.74) is 1.08. The lowest BCUT2D eigenvalue weighted by atomic mass is 10.3. The standard InChI is InChI=1S/C14H26N4O2S/c1-7-8-18(11(4)5)21(19,20)14-12(6)16-17-13(14)9-15-10(2)3/h7,10-11,15H,1,8-9H2,2-6H3,(H,16,17). The van der Waals surface area contributed by atoms with Gasteiger partial charge >= 0.3 is 0 Å². The zero-order valence-corrected chi connectivity index (χ0v) is 14.3. The minimum Gasteiger partial charge on any atom is -0.309 e. The van der Waals surface area contributed by atoms with Crippen molar-refractivity contribution in [2.24, 2.45) is 0 Å². The molecule has 0 bridgehead atoms. The van der Waals surface area contributed by atoms with Gasteiger partial charge in [0.05, 0.1) is 11.4 Å². The van der Waals surface area contributed by atoms with Crippen LogP contribution in [0.1, 0.15) is 39.1 Å².